The molecule has 7 nitrogen and oxygen atoms in total. The summed E-state index contributed by atoms with van der Waals surface area (Å²) in [6.07, 6.45) is 6.79. The average Bonchev–Trinajstić information content (AvgIpc) is 3.24. The standard InChI is InChI=1S/C28H35N3O4/c1-5-6-7-8-9-12-18-35-27(32)24-19(2)29-28-30-21-15-10-11-16-22(21)31(28)25(24)20-14-13-17-23(33-3)26(20)34-4/h10-11,13-17,25H,5-9,12,18H2,1-4H3,(H,29,30). The van der Waals surface area contributed by atoms with Gasteiger partial charge >= 0.3 is 5.97 Å². The molecule has 0 aliphatic carbocycles. The molecule has 0 amide bonds. The Kier molecular flexibility index (Phi) is 7.95. The fourth-order valence-electron chi connectivity index (χ4n) is 4.77. The van der Waals surface area contributed by atoms with E-state index in [4.69, 9.17) is 19.2 Å². The van der Waals surface area contributed by atoms with Crippen LogP contribution in [0.15, 0.2) is 53.7 Å². The number of nitrogens with zero attached hydrogens (tertiary/aromatic N) is 2. The van der Waals surface area contributed by atoms with Gasteiger partial charge in [-0.15, -0.1) is 0 Å². The molecular formula is C28H35N3O4. The predicted octanol–water partition coefficient (Wildman–Crippen LogP) is 6.25. The number of anilines is 1. The Labute approximate surface area is 207 Å². The first kappa shape index (κ1) is 24.6. The molecule has 0 radical (unpaired) electrons. The molecule has 0 bridgehead atoms. The molecule has 0 fully saturated rings. The van der Waals surface area contributed by atoms with Crippen LogP contribution in [0.2, 0.25) is 0 Å². The minimum atomic E-state index is -0.485. The summed E-state index contributed by atoms with van der Waals surface area (Å²) in [5, 5.41) is 3.33. The van der Waals surface area contributed by atoms with E-state index in [-0.39, 0.29) is 5.97 Å². The number of fused-ring (bicyclic) bond motifs is 3. The van der Waals surface area contributed by atoms with Gasteiger partial charge in [0.2, 0.25) is 5.95 Å². The highest BCUT2D eigenvalue weighted by Crippen LogP contribution is 2.45. The molecule has 1 aromatic heterocycles. The summed E-state index contributed by atoms with van der Waals surface area (Å²) in [5.74, 6) is 1.53. The molecule has 2 aromatic carbocycles. The van der Waals surface area contributed by atoms with Gasteiger partial charge in [-0.25, -0.2) is 9.78 Å². The maximum absolute atomic E-state index is 13.5. The second kappa shape index (κ2) is 11.3. The van der Waals surface area contributed by atoms with E-state index in [2.05, 4.69) is 12.2 Å². The maximum atomic E-state index is 13.5. The Morgan fingerprint density at radius 3 is 2.54 bits per heavy atom. The number of ether oxygens (including phenoxy) is 3. The van der Waals surface area contributed by atoms with Gasteiger partial charge in [0.05, 0.1) is 43.5 Å². The van der Waals surface area contributed by atoms with Crippen molar-refractivity contribution in [3.63, 3.8) is 0 Å². The summed E-state index contributed by atoms with van der Waals surface area (Å²) in [5.41, 5.74) is 3.83. The van der Waals surface area contributed by atoms with Crippen LogP contribution in [-0.2, 0) is 9.53 Å². The molecule has 1 unspecified atom stereocenters. The highest BCUT2D eigenvalue weighted by molar-refractivity contribution is 5.94. The minimum Gasteiger partial charge on any atom is -0.493 e. The number of hydrogen-bond donors (Lipinski definition) is 1. The van der Waals surface area contributed by atoms with E-state index in [1.54, 1.807) is 14.2 Å². The minimum absolute atomic E-state index is 0.332. The molecule has 35 heavy (non-hydrogen) atoms. The first-order chi connectivity index (χ1) is 17.1. The molecular weight excluding hydrogens is 442 g/mol. The van der Waals surface area contributed by atoms with Gasteiger partial charge in [0.25, 0.3) is 0 Å². The van der Waals surface area contributed by atoms with E-state index in [9.17, 15) is 4.79 Å². The van der Waals surface area contributed by atoms with Gasteiger partial charge in [-0.05, 0) is 31.5 Å². The van der Waals surface area contributed by atoms with Crippen molar-refractivity contribution < 1.29 is 19.0 Å². The average molecular weight is 478 g/mol. The third-order valence-electron chi connectivity index (χ3n) is 6.51. The molecule has 1 N–H and O–H groups in total. The summed E-state index contributed by atoms with van der Waals surface area (Å²) in [6, 6.07) is 13.1. The number of unbranched alkanes of at least 4 members (excludes halogenated alkanes) is 5. The lowest BCUT2D eigenvalue weighted by Crippen LogP contribution is -2.29. The van der Waals surface area contributed by atoms with E-state index in [1.165, 1.54) is 25.7 Å². The Morgan fingerprint density at radius 2 is 1.77 bits per heavy atom. The topological polar surface area (TPSA) is 74.6 Å². The lowest BCUT2D eigenvalue weighted by Gasteiger charge is -2.31. The van der Waals surface area contributed by atoms with Gasteiger partial charge in [-0.3, -0.25) is 4.57 Å². The molecule has 4 rings (SSSR count). The summed E-state index contributed by atoms with van der Waals surface area (Å²) >= 11 is 0. The predicted molar refractivity (Wildman–Crippen MR) is 138 cm³/mol. The van der Waals surface area contributed by atoms with Gasteiger partial charge in [0.1, 0.15) is 0 Å². The lowest BCUT2D eigenvalue weighted by molar-refractivity contribution is -0.139. The molecule has 0 saturated carbocycles. The number of esters is 1. The maximum Gasteiger partial charge on any atom is 0.338 e. The molecule has 2 heterocycles. The molecule has 1 atom stereocenters. The number of para-hydroxylation sites is 3. The normalized spacial score (nSPS) is 15.0. The van der Waals surface area contributed by atoms with E-state index in [0.29, 0.717) is 29.6 Å². The zero-order valence-electron chi connectivity index (χ0n) is 21.1. The van der Waals surface area contributed by atoms with Gasteiger partial charge in [0.15, 0.2) is 11.5 Å². The van der Waals surface area contributed by atoms with Crippen molar-refractivity contribution in [3.8, 4) is 11.5 Å². The Morgan fingerprint density at radius 1 is 1.00 bits per heavy atom. The van der Waals surface area contributed by atoms with Crippen molar-refractivity contribution in [3.05, 3.63) is 59.3 Å². The fraction of sp³-hybridized carbons (Fsp3) is 0.429. The van der Waals surface area contributed by atoms with Crippen molar-refractivity contribution >= 4 is 23.0 Å². The van der Waals surface area contributed by atoms with Crippen LogP contribution >= 0.6 is 0 Å². The number of carbonyl (C=O) groups excluding carboxylic acids is 1. The van der Waals surface area contributed by atoms with Gasteiger partial charge in [-0.2, -0.15) is 0 Å². The molecule has 7 heteroatoms. The number of methoxy groups -OCH3 is 2. The van der Waals surface area contributed by atoms with Crippen molar-refractivity contribution in [2.75, 3.05) is 26.1 Å². The van der Waals surface area contributed by atoms with Gasteiger partial charge in [-0.1, -0.05) is 63.3 Å². The third-order valence-corrected chi connectivity index (χ3v) is 6.51. The first-order valence-corrected chi connectivity index (χ1v) is 12.4. The quantitative estimate of drug-likeness (QED) is 0.260. The Balaban J connectivity index is 1.71. The van der Waals surface area contributed by atoms with E-state index in [1.807, 2.05) is 54.0 Å². The largest absolute Gasteiger partial charge is 0.493 e. The number of hydrogen-bond acceptors (Lipinski definition) is 6. The van der Waals surface area contributed by atoms with Crippen LogP contribution in [0.1, 0.15) is 64.0 Å². The van der Waals surface area contributed by atoms with Crippen LogP contribution in [0.25, 0.3) is 11.0 Å². The Hall–Kier alpha value is -3.48. The van der Waals surface area contributed by atoms with E-state index >= 15 is 0 Å². The highest BCUT2D eigenvalue weighted by atomic mass is 16.5. The third kappa shape index (κ3) is 4.99. The number of nitrogens with one attached hydrogen (secondary N) is 1. The van der Waals surface area contributed by atoms with Crippen molar-refractivity contribution in [2.24, 2.45) is 0 Å². The van der Waals surface area contributed by atoms with Crippen LogP contribution in [0.3, 0.4) is 0 Å². The van der Waals surface area contributed by atoms with Crippen molar-refractivity contribution in [1.82, 2.24) is 9.55 Å². The molecule has 0 saturated heterocycles. The molecule has 1 aliphatic rings. The van der Waals surface area contributed by atoms with Crippen molar-refractivity contribution in [1.29, 1.82) is 0 Å². The van der Waals surface area contributed by atoms with Gasteiger partial charge < -0.3 is 19.5 Å². The van der Waals surface area contributed by atoms with Crippen LogP contribution in [0.5, 0.6) is 11.5 Å². The molecule has 1 aliphatic heterocycles. The zero-order valence-corrected chi connectivity index (χ0v) is 21.1. The lowest BCUT2D eigenvalue weighted by atomic mass is 9.94. The number of aromatic nitrogens is 2. The SMILES string of the molecule is CCCCCCCCOC(=O)C1=C(C)Nc2nc3ccccc3n2C1c1cccc(OC)c1OC. The fourth-order valence-corrected chi connectivity index (χ4v) is 4.77. The first-order valence-electron chi connectivity index (χ1n) is 12.4. The molecule has 3 aromatic rings. The number of carbonyl (C=O) groups is 1. The van der Waals surface area contributed by atoms with Crippen LogP contribution in [0, 0.1) is 0 Å². The smallest absolute Gasteiger partial charge is 0.338 e. The van der Waals surface area contributed by atoms with Crippen molar-refractivity contribution in [2.45, 2.75) is 58.4 Å². The zero-order chi connectivity index (χ0) is 24.8. The number of benzene rings is 2. The number of rotatable bonds is 11. The van der Waals surface area contributed by atoms with Crippen LogP contribution in [0.4, 0.5) is 5.95 Å². The highest BCUT2D eigenvalue weighted by Gasteiger charge is 2.37. The van der Waals surface area contributed by atoms with E-state index < -0.39 is 6.04 Å². The molecule has 186 valence electrons. The number of allylic oxidation sites excluding steroid dienone is 1. The number of imidazole rings is 1. The van der Waals surface area contributed by atoms with Gasteiger partial charge in [0, 0.05) is 11.3 Å². The van der Waals surface area contributed by atoms with Crippen LogP contribution < -0.4 is 14.8 Å². The summed E-state index contributed by atoms with van der Waals surface area (Å²) in [6.45, 7) is 4.50. The summed E-state index contributed by atoms with van der Waals surface area (Å²) < 4.78 is 19.2. The van der Waals surface area contributed by atoms with E-state index in [0.717, 1.165) is 35.1 Å². The monoisotopic (exact) mass is 477 g/mol. The second-order valence-corrected chi connectivity index (χ2v) is 8.85. The van der Waals surface area contributed by atoms with Crippen LogP contribution in [-0.4, -0.2) is 36.3 Å². The molecule has 0 spiro atoms. The summed E-state index contributed by atoms with van der Waals surface area (Å²) in [4.78, 5) is 18.3. The second-order valence-electron chi connectivity index (χ2n) is 8.85. The summed E-state index contributed by atoms with van der Waals surface area (Å²) in [7, 11) is 3.22. The Bertz CT molecular complexity index is 1210.